The molecule has 0 aliphatic carbocycles. The number of carbonyl (C=O) groups is 2. The molecule has 0 radical (unpaired) electrons. The summed E-state index contributed by atoms with van der Waals surface area (Å²) in [5.74, 6) is -0.0679. The number of esters is 1. The topological polar surface area (TPSA) is 95.9 Å². The molecule has 0 spiro atoms. The Kier molecular flexibility index (Phi) is 58.0. The van der Waals surface area contributed by atoms with Gasteiger partial charge in [-0.3, -0.25) is 9.59 Å². The fraction of sp³-hybridized carbons (Fsp3) is 0.875. The van der Waals surface area contributed by atoms with E-state index in [4.69, 9.17) is 4.74 Å². The van der Waals surface area contributed by atoms with Crippen molar-refractivity contribution in [2.45, 2.75) is 347 Å². The molecule has 6 nitrogen and oxygen atoms in total. The Hall–Kier alpha value is -1.92. The highest BCUT2D eigenvalue weighted by Crippen LogP contribution is 2.17. The Labute approximate surface area is 436 Å². The quantitative estimate of drug-likeness (QED) is 0.0321. The molecular formula is C64H121NO5. The van der Waals surface area contributed by atoms with E-state index in [-0.39, 0.29) is 18.5 Å². The molecule has 0 aromatic carbocycles. The van der Waals surface area contributed by atoms with E-state index < -0.39 is 12.1 Å². The van der Waals surface area contributed by atoms with Gasteiger partial charge in [0, 0.05) is 12.8 Å². The predicted octanol–water partition coefficient (Wildman–Crippen LogP) is 19.6. The number of carbonyl (C=O) groups excluding carboxylic acids is 2. The van der Waals surface area contributed by atoms with Crippen LogP contribution in [0.3, 0.4) is 0 Å². The van der Waals surface area contributed by atoms with Crippen LogP contribution in [0.5, 0.6) is 0 Å². The van der Waals surface area contributed by atoms with Gasteiger partial charge in [0.25, 0.3) is 0 Å². The molecule has 6 heteroatoms. The molecule has 0 aromatic rings. The lowest BCUT2D eigenvalue weighted by atomic mass is 10.0. The van der Waals surface area contributed by atoms with Crippen molar-refractivity contribution in [1.82, 2.24) is 5.32 Å². The van der Waals surface area contributed by atoms with E-state index in [0.29, 0.717) is 19.4 Å². The number of unbranched alkanes of at least 4 members (excludes halogenated alkanes) is 43. The molecular weight excluding hydrogens is 863 g/mol. The SMILES string of the molecule is CCCCCC/C=C\C/C=C\CCCCCCCC(=O)OCCCCCCCCCCCCCCCCCCCCCCCCC(=O)NC(CO)C(O)/C=C/CCCCCCCCCCCCCCC. The number of amides is 1. The van der Waals surface area contributed by atoms with Crippen molar-refractivity contribution in [3.8, 4) is 0 Å². The van der Waals surface area contributed by atoms with Gasteiger partial charge in [-0.2, -0.15) is 0 Å². The molecule has 0 aromatic heterocycles. The Morgan fingerprint density at radius 2 is 0.714 bits per heavy atom. The van der Waals surface area contributed by atoms with Crippen molar-refractivity contribution in [2.24, 2.45) is 0 Å². The van der Waals surface area contributed by atoms with E-state index in [0.717, 1.165) is 51.4 Å². The smallest absolute Gasteiger partial charge is 0.305 e. The summed E-state index contributed by atoms with van der Waals surface area (Å²) in [6.07, 6.45) is 74.7. The number of aliphatic hydroxyl groups excluding tert-OH is 2. The van der Waals surface area contributed by atoms with Crippen molar-refractivity contribution >= 4 is 11.9 Å². The fourth-order valence-electron chi connectivity index (χ4n) is 9.61. The maximum atomic E-state index is 12.5. The molecule has 0 rings (SSSR count). The molecule has 1 amide bonds. The third-order valence-corrected chi connectivity index (χ3v) is 14.4. The third kappa shape index (κ3) is 55.4. The Morgan fingerprint density at radius 1 is 0.400 bits per heavy atom. The number of nitrogens with one attached hydrogen (secondary N) is 1. The summed E-state index contributed by atoms with van der Waals surface area (Å²) in [5.41, 5.74) is 0. The van der Waals surface area contributed by atoms with Crippen molar-refractivity contribution in [3.05, 3.63) is 36.5 Å². The zero-order chi connectivity index (χ0) is 50.7. The largest absolute Gasteiger partial charge is 0.466 e. The molecule has 0 aliphatic heterocycles. The van der Waals surface area contributed by atoms with Gasteiger partial charge >= 0.3 is 5.97 Å². The maximum absolute atomic E-state index is 12.5. The van der Waals surface area contributed by atoms with Gasteiger partial charge < -0.3 is 20.3 Å². The highest BCUT2D eigenvalue weighted by Gasteiger charge is 2.18. The number of hydrogen-bond donors (Lipinski definition) is 3. The lowest BCUT2D eigenvalue weighted by Gasteiger charge is -2.20. The maximum Gasteiger partial charge on any atom is 0.305 e. The lowest BCUT2D eigenvalue weighted by molar-refractivity contribution is -0.143. The molecule has 0 fully saturated rings. The molecule has 412 valence electrons. The first-order valence-corrected chi connectivity index (χ1v) is 31.3. The van der Waals surface area contributed by atoms with E-state index in [1.807, 2.05) is 6.08 Å². The Morgan fingerprint density at radius 3 is 1.10 bits per heavy atom. The first kappa shape index (κ1) is 68.1. The van der Waals surface area contributed by atoms with Crippen molar-refractivity contribution < 1.29 is 24.5 Å². The highest BCUT2D eigenvalue weighted by atomic mass is 16.5. The zero-order valence-electron chi connectivity index (χ0n) is 47.0. The summed E-state index contributed by atoms with van der Waals surface area (Å²) in [4.78, 5) is 24.5. The van der Waals surface area contributed by atoms with Gasteiger partial charge in [-0.1, -0.05) is 294 Å². The number of allylic oxidation sites excluding steroid dienone is 5. The van der Waals surface area contributed by atoms with E-state index in [9.17, 15) is 19.8 Å². The molecule has 0 saturated carbocycles. The first-order valence-electron chi connectivity index (χ1n) is 31.3. The molecule has 2 atom stereocenters. The predicted molar refractivity (Wildman–Crippen MR) is 306 cm³/mol. The normalized spacial score (nSPS) is 12.8. The van der Waals surface area contributed by atoms with Crippen LogP contribution < -0.4 is 5.32 Å². The monoisotopic (exact) mass is 984 g/mol. The number of ether oxygens (including phenoxy) is 1. The first-order chi connectivity index (χ1) is 34.5. The Bertz CT molecular complexity index is 1130. The average molecular weight is 985 g/mol. The van der Waals surface area contributed by atoms with Gasteiger partial charge in [0.1, 0.15) is 0 Å². The van der Waals surface area contributed by atoms with Gasteiger partial charge in [-0.05, 0) is 64.2 Å². The average Bonchev–Trinajstić information content (AvgIpc) is 3.36. The van der Waals surface area contributed by atoms with Gasteiger partial charge in [-0.15, -0.1) is 0 Å². The van der Waals surface area contributed by atoms with Crippen molar-refractivity contribution in [2.75, 3.05) is 13.2 Å². The van der Waals surface area contributed by atoms with Gasteiger partial charge in [0.15, 0.2) is 0 Å². The zero-order valence-corrected chi connectivity index (χ0v) is 47.0. The minimum atomic E-state index is -0.845. The minimum Gasteiger partial charge on any atom is -0.466 e. The molecule has 0 aliphatic rings. The van der Waals surface area contributed by atoms with E-state index in [1.165, 1.54) is 257 Å². The molecule has 2 unspecified atom stereocenters. The molecule has 3 N–H and O–H groups in total. The number of aliphatic hydroxyl groups is 2. The molecule has 70 heavy (non-hydrogen) atoms. The van der Waals surface area contributed by atoms with Crippen LogP contribution in [-0.4, -0.2) is 47.4 Å². The summed E-state index contributed by atoms with van der Waals surface area (Å²) < 4.78 is 5.48. The summed E-state index contributed by atoms with van der Waals surface area (Å²) in [6.45, 7) is 4.89. The van der Waals surface area contributed by atoms with Crippen molar-refractivity contribution in [1.29, 1.82) is 0 Å². The van der Waals surface area contributed by atoms with E-state index >= 15 is 0 Å². The second kappa shape index (κ2) is 59.6. The van der Waals surface area contributed by atoms with E-state index in [2.05, 4.69) is 43.5 Å². The van der Waals surface area contributed by atoms with Gasteiger partial charge in [-0.25, -0.2) is 0 Å². The highest BCUT2D eigenvalue weighted by molar-refractivity contribution is 5.76. The van der Waals surface area contributed by atoms with E-state index in [1.54, 1.807) is 6.08 Å². The minimum absolute atomic E-state index is 0.000723. The van der Waals surface area contributed by atoms with Crippen LogP contribution in [-0.2, 0) is 14.3 Å². The van der Waals surface area contributed by atoms with Gasteiger partial charge in [0.2, 0.25) is 5.91 Å². The second-order valence-electron chi connectivity index (χ2n) is 21.4. The van der Waals surface area contributed by atoms with Crippen LogP contribution in [0.1, 0.15) is 335 Å². The number of hydrogen-bond acceptors (Lipinski definition) is 5. The molecule has 0 bridgehead atoms. The van der Waals surface area contributed by atoms with Gasteiger partial charge in [0.05, 0.1) is 25.4 Å². The van der Waals surface area contributed by atoms with Crippen LogP contribution >= 0.6 is 0 Å². The van der Waals surface area contributed by atoms with Crippen LogP contribution in [0.15, 0.2) is 36.5 Å². The molecule has 0 heterocycles. The summed E-state index contributed by atoms with van der Waals surface area (Å²) in [5, 5.41) is 23.1. The van der Waals surface area contributed by atoms with Crippen LogP contribution in [0.4, 0.5) is 0 Å². The second-order valence-corrected chi connectivity index (χ2v) is 21.4. The van der Waals surface area contributed by atoms with Crippen LogP contribution in [0.25, 0.3) is 0 Å². The summed E-state index contributed by atoms with van der Waals surface area (Å²) in [6, 6.07) is -0.628. The van der Waals surface area contributed by atoms with Crippen LogP contribution in [0.2, 0.25) is 0 Å². The Balaban J connectivity index is 3.40. The third-order valence-electron chi connectivity index (χ3n) is 14.4. The lowest BCUT2D eigenvalue weighted by Crippen LogP contribution is -2.45. The summed E-state index contributed by atoms with van der Waals surface area (Å²) in [7, 11) is 0. The van der Waals surface area contributed by atoms with Crippen molar-refractivity contribution in [3.63, 3.8) is 0 Å². The van der Waals surface area contributed by atoms with Crippen LogP contribution in [0, 0.1) is 0 Å². The standard InChI is InChI=1S/C64H121NO5/c1-3-5-7-9-11-13-15-17-19-30-34-38-42-46-50-54-58-64(69)70-59-55-51-47-43-39-35-31-27-25-23-21-20-22-24-26-29-33-37-41-45-49-53-57-63(68)65-61(60-66)62(67)56-52-48-44-40-36-32-28-18-16-14-12-10-8-6-4-2/h13,15,19,30,52,56,61-62,66-67H,3-12,14,16-18,20-29,31-51,53-55,57-60H2,1-2H3,(H,65,68)/b15-13-,30-19-,56-52+. The summed E-state index contributed by atoms with van der Waals surface area (Å²) >= 11 is 0. The number of rotatable bonds is 58. The fourth-order valence-corrected chi connectivity index (χ4v) is 9.61. The molecule has 0 saturated heterocycles.